The van der Waals surface area contributed by atoms with Crippen LogP contribution in [0.2, 0.25) is 5.02 Å². The Morgan fingerprint density at radius 3 is 2.15 bits per heavy atom. The molecule has 1 aliphatic rings. The van der Waals surface area contributed by atoms with Crippen molar-refractivity contribution in [3.63, 3.8) is 0 Å². The fraction of sp³-hybridized carbons (Fsp3) is 0.0645. The number of benzene rings is 4. The molecule has 1 N–H and O–H groups in total. The van der Waals surface area contributed by atoms with Crippen molar-refractivity contribution in [2.24, 2.45) is 0 Å². The van der Waals surface area contributed by atoms with Crippen molar-refractivity contribution in [3.05, 3.63) is 127 Å². The van der Waals surface area contributed by atoms with Gasteiger partial charge in [-0.05, 0) is 91.5 Å². The molecule has 1 heterocycles. The Hall–Kier alpha value is -3.92. The van der Waals surface area contributed by atoms with Gasteiger partial charge in [-0.2, -0.15) is 0 Å². The van der Waals surface area contributed by atoms with Crippen LogP contribution in [0, 0.1) is 0 Å². The molecule has 4 amide bonds. The number of ether oxygens (including phenoxy) is 2. The molecule has 4 aromatic carbocycles. The third kappa shape index (κ3) is 6.70. The highest BCUT2D eigenvalue weighted by Gasteiger charge is 2.36. The lowest BCUT2D eigenvalue weighted by Crippen LogP contribution is -2.54. The summed E-state index contributed by atoms with van der Waals surface area (Å²) in [6.45, 7) is 0.616. The minimum Gasteiger partial charge on any atom is -0.489 e. The molecule has 1 fully saturated rings. The number of hydrogen-bond acceptors (Lipinski definition) is 5. The largest absolute Gasteiger partial charge is 0.489 e. The molecule has 4 aromatic rings. The number of amides is 4. The highest BCUT2D eigenvalue weighted by molar-refractivity contribution is 9.11. The van der Waals surface area contributed by atoms with Crippen molar-refractivity contribution in [2.45, 2.75) is 13.2 Å². The fourth-order valence-corrected chi connectivity index (χ4v) is 5.70. The van der Waals surface area contributed by atoms with Gasteiger partial charge >= 0.3 is 6.03 Å². The fourth-order valence-electron chi connectivity index (χ4n) is 4.06. The highest BCUT2D eigenvalue weighted by Crippen LogP contribution is 2.36. The number of imide groups is 2. The molecule has 0 bridgehead atoms. The Balaban J connectivity index is 1.33. The Bertz CT molecular complexity index is 1640. The van der Waals surface area contributed by atoms with Crippen molar-refractivity contribution in [2.75, 3.05) is 4.90 Å². The number of halogens is 3. The second kappa shape index (κ2) is 12.7. The van der Waals surface area contributed by atoms with E-state index in [1.165, 1.54) is 6.08 Å². The van der Waals surface area contributed by atoms with E-state index < -0.39 is 17.8 Å². The van der Waals surface area contributed by atoms with Gasteiger partial charge in [0.25, 0.3) is 11.8 Å². The SMILES string of the molecule is O=C1NC(=O)N(c2ccc(OCc3ccccc3)cc2)C(=O)/C1=C/c1cc(Br)c(OCc2ccccc2Cl)c(Br)c1. The minimum absolute atomic E-state index is 0.197. The molecule has 0 unspecified atom stereocenters. The van der Waals surface area contributed by atoms with E-state index in [-0.39, 0.29) is 12.2 Å². The maximum atomic E-state index is 13.4. The average Bonchev–Trinajstić information content (AvgIpc) is 2.96. The van der Waals surface area contributed by atoms with Gasteiger partial charge in [0, 0.05) is 10.6 Å². The number of carbonyl (C=O) groups is 3. The van der Waals surface area contributed by atoms with Crippen molar-refractivity contribution in [1.29, 1.82) is 0 Å². The summed E-state index contributed by atoms with van der Waals surface area (Å²) in [5.74, 6) is -0.438. The first-order valence-electron chi connectivity index (χ1n) is 12.3. The van der Waals surface area contributed by atoms with Crippen LogP contribution in [-0.4, -0.2) is 17.8 Å². The predicted molar refractivity (Wildman–Crippen MR) is 164 cm³/mol. The van der Waals surface area contributed by atoms with E-state index in [1.807, 2.05) is 48.5 Å². The number of urea groups is 1. The standard InChI is InChI=1S/C31H21Br2ClN2O5/c32-25-15-20(16-26(33)28(25)41-18-21-8-4-5-9-27(21)34)14-24-29(37)35-31(39)36(30(24)38)22-10-12-23(13-11-22)40-17-19-6-2-1-3-7-19/h1-16H,17-18H2,(H,35,37,39)/b24-14+. The predicted octanol–water partition coefficient (Wildman–Crippen LogP) is 7.69. The third-order valence-electron chi connectivity index (χ3n) is 6.11. The van der Waals surface area contributed by atoms with Crippen LogP contribution < -0.4 is 19.7 Å². The first kappa shape index (κ1) is 28.6. The zero-order valence-electron chi connectivity index (χ0n) is 21.3. The summed E-state index contributed by atoms with van der Waals surface area (Å²) >= 11 is 13.2. The molecular weight excluding hydrogens is 676 g/mol. The molecular formula is C31H21Br2ClN2O5. The molecule has 0 saturated carbocycles. The van der Waals surface area contributed by atoms with Gasteiger partial charge in [-0.15, -0.1) is 0 Å². The quantitative estimate of drug-likeness (QED) is 0.151. The minimum atomic E-state index is -0.833. The number of carbonyl (C=O) groups excluding carboxylic acids is 3. The summed E-state index contributed by atoms with van der Waals surface area (Å²) in [5, 5.41) is 2.84. The highest BCUT2D eigenvalue weighted by atomic mass is 79.9. The van der Waals surface area contributed by atoms with E-state index in [2.05, 4.69) is 37.2 Å². The summed E-state index contributed by atoms with van der Waals surface area (Å²) in [7, 11) is 0. The van der Waals surface area contributed by atoms with Gasteiger partial charge in [0.15, 0.2) is 0 Å². The second-order valence-corrected chi connectivity index (χ2v) is 11.0. The zero-order chi connectivity index (χ0) is 28.9. The molecule has 206 valence electrons. The molecule has 0 radical (unpaired) electrons. The lowest BCUT2D eigenvalue weighted by molar-refractivity contribution is -0.122. The van der Waals surface area contributed by atoms with E-state index >= 15 is 0 Å². The number of anilines is 1. The summed E-state index contributed by atoms with van der Waals surface area (Å²) in [6, 6.07) is 26.1. The number of rotatable bonds is 8. The topological polar surface area (TPSA) is 84.9 Å². The van der Waals surface area contributed by atoms with Crippen molar-refractivity contribution in [3.8, 4) is 11.5 Å². The van der Waals surface area contributed by atoms with Gasteiger partial charge < -0.3 is 9.47 Å². The lowest BCUT2D eigenvalue weighted by Gasteiger charge is -2.26. The van der Waals surface area contributed by atoms with Crippen LogP contribution in [0.1, 0.15) is 16.7 Å². The Labute approximate surface area is 258 Å². The van der Waals surface area contributed by atoms with Crippen LogP contribution in [0.15, 0.2) is 106 Å². The van der Waals surface area contributed by atoms with E-state index in [4.69, 9.17) is 21.1 Å². The summed E-state index contributed by atoms with van der Waals surface area (Å²) in [4.78, 5) is 39.6. The second-order valence-electron chi connectivity index (χ2n) is 8.92. The van der Waals surface area contributed by atoms with Crippen LogP contribution in [0.25, 0.3) is 6.08 Å². The van der Waals surface area contributed by atoms with E-state index in [9.17, 15) is 14.4 Å². The Morgan fingerprint density at radius 1 is 0.805 bits per heavy atom. The normalized spacial score (nSPS) is 14.3. The van der Waals surface area contributed by atoms with Gasteiger partial charge in [-0.1, -0.05) is 60.1 Å². The van der Waals surface area contributed by atoms with Crippen molar-refractivity contribution < 1.29 is 23.9 Å². The first-order chi connectivity index (χ1) is 19.8. The molecule has 10 heteroatoms. The smallest absolute Gasteiger partial charge is 0.335 e. The van der Waals surface area contributed by atoms with E-state index in [0.717, 1.165) is 16.0 Å². The molecule has 0 aromatic heterocycles. The molecule has 0 aliphatic carbocycles. The third-order valence-corrected chi connectivity index (χ3v) is 7.65. The molecule has 5 rings (SSSR count). The van der Waals surface area contributed by atoms with Crippen molar-refractivity contribution in [1.82, 2.24) is 5.32 Å². The van der Waals surface area contributed by atoms with Crippen LogP contribution in [-0.2, 0) is 22.8 Å². The maximum Gasteiger partial charge on any atom is 0.335 e. The zero-order valence-corrected chi connectivity index (χ0v) is 25.2. The first-order valence-corrected chi connectivity index (χ1v) is 14.3. The van der Waals surface area contributed by atoms with E-state index in [1.54, 1.807) is 42.5 Å². The van der Waals surface area contributed by atoms with Crippen LogP contribution in [0.3, 0.4) is 0 Å². The van der Waals surface area contributed by atoms with Crippen LogP contribution >= 0.6 is 43.5 Å². The Morgan fingerprint density at radius 2 is 1.46 bits per heavy atom. The summed E-state index contributed by atoms with van der Waals surface area (Å²) in [6.07, 6.45) is 1.42. The number of nitrogens with zero attached hydrogens (tertiary/aromatic N) is 1. The van der Waals surface area contributed by atoms with Gasteiger partial charge in [0.1, 0.15) is 30.3 Å². The monoisotopic (exact) mass is 694 g/mol. The molecule has 0 spiro atoms. The van der Waals surface area contributed by atoms with Crippen LogP contribution in [0.4, 0.5) is 10.5 Å². The average molecular weight is 697 g/mol. The van der Waals surface area contributed by atoms with Crippen molar-refractivity contribution >= 4 is 73.1 Å². The number of barbiturate groups is 1. The van der Waals surface area contributed by atoms with Crippen LogP contribution in [0.5, 0.6) is 11.5 Å². The van der Waals surface area contributed by atoms with Gasteiger partial charge in [-0.25, -0.2) is 9.69 Å². The lowest BCUT2D eigenvalue weighted by atomic mass is 10.1. The maximum absolute atomic E-state index is 13.4. The van der Waals surface area contributed by atoms with E-state index in [0.29, 0.717) is 43.3 Å². The number of hydrogen-bond donors (Lipinski definition) is 1. The Kier molecular flexibility index (Phi) is 8.87. The summed E-state index contributed by atoms with van der Waals surface area (Å²) in [5.41, 5.74) is 2.46. The number of nitrogens with one attached hydrogen (secondary N) is 1. The van der Waals surface area contributed by atoms with Gasteiger partial charge in [-0.3, -0.25) is 14.9 Å². The molecule has 1 aliphatic heterocycles. The molecule has 0 atom stereocenters. The summed E-state index contributed by atoms with van der Waals surface area (Å²) < 4.78 is 12.9. The molecule has 41 heavy (non-hydrogen) atoms. The van der Waals surface area contributed by atoms with Gasteiger partial charge in [0.05, 0.1) is 14.6 Å². The molecule has 1 saturated heterocycles. The van der Waals surface area contributed by atoms with Gasteiger partial charge in [0.2, 0.25) is 0 Å². The molecule has 7 nitrogen and oxygen atoms in total.